The van der Waals surface area contributed by atoms with Crippen LogP contribution in [0.3, 0.4) is 0 Å². The van der Waals surface area contributed by atoms with E-state index in [4.69, 9.17) is 0 Å². The summed E-state index contributed by atoms with van der Waals surface area (Å²) in [5.74, 6) is -0.0131. The Hall–Kier alpha value is -2.20. The van der Waals surface area contributed by atoms with E-state index in [0.29, 0.717) is 13.1 Å². The summed E-state index contributed by atoms with van der Waals surface area (Å²) in [6, 6.07) is 16.1. The lowest BCUT2D eigenvalue weighted by atomic mass is 10.0. The van der Waals surface area contributed by atoms with Crippen molar-refractivity contribution in [2.75, 3.05) is 13.1 Å². The molecule has 2 N–H and O–H groups in total. The second-order valence-electron chi connectivity index (χ2n) is 4.54. The number of aromatic nitrogens is 1. The lowest BCUT2D eigenvalue weighted by molar-refractivity contribution is -0.118. The second-order valence-corrected chi connectivity index (χ2v) is 4.54. The summed E-state index contributed by atoms with van der Waals surface area (Å²) in [6.45, 7) is 2.81. The molecule has 4 nitrogen and oxygen atoms in total. The molecule has 2 rings (SSSR count). The zero-order chi connectivity index (χ0) is 14.2. The van der Waals surface area contributed by atoms with Crippen molar-refractivity contribution < 1.29 is 4.79 Å². The van der Waals surface area contributed by atoms with Gasteiger partial charge in [-0.1, -0.05) is 36.4 Å². The maximum atomic E-state index is 10.9. The molecule has 0 fully saturated rings. The van der Waals surface area contributed by atoms with Gasteiger partial charge in [-0.25, -0.2) is 0 Å². The Kier molecular flexibility index (Phi) is 5.26. The minimum absolute atomic E-state index is 0.0131. The standard InChI is InChI=1S/C16H19N3O/c1-13(20)17-11-12-19-16(14-7-3-2-4-8-14)15-9-5-6-10-18-15/h2-10,16,19H,11-12H2,1H3,(H,17,20). The van der Waals surface area contributed by atoms with E-state index >= 15 is 0 Å². The van der Waals surface area contributed by atoms with Gasteiger partial charge in [-0.2, -0.15) is 0 Å². The summed E-state index contributed by atoms with van der Waals surface area (Å²) in [5, 5.41) is 6.21. The summed E-state index contributed by atoms with van der Waals surface area (Å²) in [4.78, 5) is 15.3. The van der Waals surface area contributed by atoms with Crippen LogP contribution in [0.2, 0.25) is 0 Å². The molecule has 104 valence electrons. The van der Waals surface area contributed by atoms with Crippen molar-refractivity contribution in [3.63, 3.8) is 0 Å². The first kappa shape index (κ1) is 14.2. The van der Waals surface area contributed by atoms with E-state index in [1.54, 1.807) is 6.20 Å². The molecular weight excluding hydrogens is 250 g/mol. The third-order valence-electron chi connectivity index (χ3n) is 2.96. The highest BCUT2D eigenvalue weighted by atomic mass is 16.1. The van der Waals surface area contributed by atoms with Gasteiger partial charge in [0.1, 0.15) is 0 Å². The van der Waals surface area contributed by atoms with Crippen LogP contribution in [0.1, 0.15) is 24.2 Å². The Labute approximate surface area is 119 Å². The van der Waals surface area contributed by atoms with E-state index in [0.717, 1.165) is 11.3 Å². The molecule has 0 aliphatic heterocycles. The minimum Gasteiger partial charge on any atom is -0.355 e. The molecule has 4 heteroatoms. The summed E-state index contributed by atoms with van der Waals surface area (Å²) >= 11 is 0. The van der Waals surface area contributed by atoms with E-state index in [1.807, 2.05) is 36.4 Å². The van der Waals surface area contributed by atoms with Crippen molar-refractivity contribution >= 4 is 5.91 Å². The zero-order valence-electron chi connectivity index (χ0n) is 11.5. The molecular formula is C16H19N3O. The summed E-state index contributed by atoms with van der Waals surface area (Å²) in [6.07, 6.45) is 1.79. The quantitative estimate of drug-likeness (QED) is 0.787. The molecule has 1 heterocycles. The van der Waals surface area contributed by atoms with Crippen LogP contribution in [0, 0.1) is 0 Å². The lowest BCUT2D eigenvalue weighted by Crippen LogP contribution is -2.33. The van der Waals surface area contributed by atoms with Crippen molar-refractivity contribution in [1.82, 2.24) is 15.6 Å². The first-order valence-corrected chi connectivity index (χ1v) is 6.71. The molecule has 1 amide bonds. The number of nitrogens with zero attached hydrogens (tertiary/aromatic N) is 1. The largest absolute Gasteiger partial charge is 0.355 e. The van der Waals surface area contributed by atoms with Crippen LogP contribution in [0.25, 0.3) is 0 Å². The molecule has 0 saturated carbocycles. The first-order valence-electron chi connectivity index (χ1n) is 6.71. The fourth-order valence-corrected chi connectivity index (χ4v) is 2.04. The highest BCUT2D eigenvalue weighted by Crippen LogP contribution is 2.19. The van der Waals surface area contributed by atoms with Crippen molar-refractivity contribution in [3.8, 4) is 0 Å². The number of rotatable bonds is 6. The number of amides is 1. The van der Waals surface area contributed by atoms with Gasteiger partial charge in [0.25, 0.3) is 0 Å². The van der Waals surface area contributed by atoms with Gasteiger partial charge in [0.2, 0.25) is 5.91 Å². The van der Waals surface area contributed by atoms with Crippen molar-refractivity contribution in [2.24, 2.45) is 0 Å². The van der Waals surface area contributed by atoms with Crippen LogP contribution in [0.4, 0.5) is 0 Å². The number of pyridine rings is 1. The van der Waals surface area contributed by atoms with Crippen molar-refractivity contribution in [2.45, 2.75) is 13.0 Å². The van der Waals surface area contributed by atoms with Crippen LogP contribution in [-0.2, 0) is 4.79 Å². The number of hydrogen-bond acceptors (Lipinski definition) is 3. The number of carbonyl (C=O) groups is 1. The van der Waals surface area contributed by atoms with Gasteiger partial charge in [0, 0.05) is 26.2 Å². The molecule has 1 aromatic carbocycles. The molecule has 0 radical (unpaired) electrons. The van der Waals surface area contributed by atoms with Crippen LogP contribution >= 0.6 is 0 Å². The van der Waals surface area contributed by atoms with Crippen molar-refractivity contribution in [3.05, 3.63) is 66.0 Å². The predicted octanol–water partition coefficient (Wildman–Crippen LogP) is 1.90. The molecule has 1 atom stereocenters. The van der Waals surface area contributed by atoms with Gasteiger partial charge in [-0.05, 0) is 17.7 Å². The maximum Gasteiger partial charge on any atom is 0.216 e. The van der Waals surface area contributed by atoms with E-state index in [1.165, 1.54) is 6.92 Å². The molecule has 0 aliphatic carbocycles. The van der Waals surface area contributed by atoms with E-state index in [9.17, 15) is 4.79 Å². The molecule has 1 aromatic heterocycles. The fraction of sp³-hybridized carbons (Fsp3) is 0.250. The molecule has 2 aromatic rings. The minimum atomic E-state index is -0.0131. The van der Waals surface area contributed by atoms with Gasteiger partial charge in [0.05, 0.1) is 11.7 Å². The van der Waals surface area contributed by atoms with Crippen LogP contribution < -0.4 is 10.6 Å². The van der Waals surface area contributed by atoms with Gasteiger partial charge < -0.3 is 10.6 Å². The summed E-state index contributed by atoms with van der Waals surface area (Å²) < 4.78 is 0. The van der Waals surface area contributed by atoms with Gasteiger partial charge >= 0.3 is 0 Å². The Morgan fingerprint density at radius 2 is 1.85 bits per heavy atom. The number of benzene rings is 1. The van der Waals surface area contributed by atoms with Gasteiger partial charge in [0.15, 0.2) is 0 Å². The van der Waals surface area contributed by atoms with Gasteiger partial charge in [-0.3, -0.25) is 9.78 Å². The zero-order valence-corrected chi connectivity index (χ0v) is 11.5. The normalized spacial score (nSPS) is 11.8. The number of nitrogens with one attached hydrogen (secondary N) is 2. The maximum absolute atomic E-state index is 10.9. The Balaban J connectivity index is 2.07. The van der Waals surface area contributed by atoms with Crippen LogP contribution in [-0.4, -0.2) is 24.0 Å². The number of carbonyl (C=O) groups excluding carboxylic acids is 1. The Bertz CT molecular complexity index is 488. The SMILES string of the molecule is CC(=O)NCCNC(c1ccccc1)c1ccccn1. The van der Waals surface area contributed by atoms with E-state index < -0.39 is 0 Å². The average Bonchev–Trinajstić information content (AvgIpc) is 2.49. The topological polar surface area (TPSA) is 54.0 Å². The molecule has 1 unspecified atom stereocenters. The van der Waals surface area contributed by atoms with E-state index in [2.05, 4.69) is 27.8 Å². The molecule has 0 bridgehead atoms. The average molecular weight is 269 g/mol. The summed E-state index contributed by atoms with van der Waals surface area (Å²) in [7, 11) is 0. The highest BCUT2D eigenvalue weighted by molar-refractivity contribution is 5.72. The second kappa shape index (κ2) is 7.40. The third kappa shape index (κ3) is 4.17. The number of hydrogen-bond donors (Lipinski definition) is 2. The Morgan fingerprint density at radius 3 is 2.50 bits per heavy atom. The molecule has 0 saturated heterocycles. The third-order valence-corrected chi connectivity index (χ3v) is 2.96. The summed E-state index contributed by atoms with van der Waals surface area (Å²) in [5.41, 5.74) is 2.13. The molecule has 0 spiro atoms. The van der Waals surface area contributed by atoms with Crippen LogP contribution in [0.15, 0.2) is 54.7 Å². The van der Waals surface area contributed by atoms with Crippen LogP contribution in [0.5, 0.6) is 0 Å². The van der Waals surface area contributed by atoms with Gasteiger partial charge in [-0.15, -0.1) is 0 Å². The van der Waals surface area contributed by atoms with Crippen molar-refractivity contribution in [1.29, 1.82) is 0 Å². The molecule has 20 heavy (non-hydrogen) atoms. The fourth-order valence-electron chi connectivity index (χ4n) is 2.04. The first-order chi connectivity index (χ1) is 9.77. The Morgan fingerprint density at radius 1 is 1.10 bits per heavy atom. The monoisotopic (exact) mass is 269 g/mol. The lowest BCUT2D eigenvalue weighted by Gasteiger charge is -2.19. The highest BCUT2D eigenvalue weighted by Gasteiger charge is 2.13. The molecule has 0 aliphatic rings. The smallest absolute Gasteiger partial charge is 0.216 e. The van der Waals surface area contributed by atoms with E-state index in [-0.39, 0.29) is 11.9 Å². The predicted molar refractivity (Wildman–Crippen MR) is 79.2 cm³/mol.